The molecule has 0 aromatic carbocycles. The normalized spacial score (nSPS) is 19.1. The fourth-order valence-electron chi connectivity index (χ4n) is 2.74. The van der Waals surface area contributed by atoms with Crippen molar-refractivity contribution in [1.82, 2.24) is 9.55 Å². The molecule has 0 radical (unpaired) electrons. The van der Waals surface area contributed by atoms with Crippen LogP contribution in [0.4, 0.5) is 0 Å². The van der Waals surface area contributed by atoms with E-state index in [4.69, 9.17) is 12.2 Å². The molecule has 0 amide bonds. The fourth-order valence-corrected chi connectivity index (χ4v) is 4.52. The van der Waals surface area contributed by atoms with E-state index >= 15 is 0 Å². The lowest BCUT2D eigenvalue weighted by molar-refractivity contribution is 0.509. The van der Waals surface area contributed by atoms with Crippen molar-refractivity contribution in [1.29, 1.82) is 0 Å². The zero-order valence-electron chi connectivity index (χ0n) is 10.6. The maximum absolute atomic E-state index is 12.5. The Labute approximate surface area is 114 Å². The maximum atomic E-state index is 12.5. The van der Waals surface area contributed by atoms with Crippen LogP contribution in [-0.4, -0.2) is 9.55 Å². The highest BCUT2D eigenvalue weighted by atomic mass is 32.1. The topological polar surface area (TPSA) is 37.8 Å². The third-order valence-electron chi connectivity index (χ3n) is 3.75. The van der Waals surface area contributed by atoms with Crippen molar-refractivity contribution < 1.29 is 0 Å². The number of aromatic amines is 1. The number of thiophene rings is 1. The third kappa shape index (κ3) is 1.68. The molecule has 1 unspecified atom stereocenters. The quantitative estimate of drug-likeness (QED) is 0.814. The summed E-state index contributed by atoms with van der Waals surface area (Å²) < 4.78 is 2.20. The Morgan fingerprint density at radius 3 is 3.06 bits per heavy atom. The van der Waals surface area contributed by atoms with Crippen molar-refractivity contribution in [3.05, 3.63) is 25.6 Å². The van der Waals surface area contributed by atoms with Crippen LogP contribution in [-0.2, 0) is 19.4 Å². The van der Waals surface area contributed by atoms with Gasteiger partial charge in [-0.2, -0.15) is 0 Å². The second-order valence-electron chi connectivity index (χ2n) is 5.04. The second kappa shape index (κ2) is 4.31. The van der Waals surface area contributed by atoms with E-state index in [0.29, 0.717) is 11.3 Å². The predicted octanol–water partition coefficient (Wildman–Crippen LogP) is 3.27. The van der Waals surface area contributed by atoms with Gasteiger partial charge >= 0.3 is 0 Å². The number of rotatable bonds is 1. The second-order valence-corrected chi connectivity index (χ2v) is 6.53. The lowest BCUT2D eigenvalue weighted by Crippen LogP contribution is -2.22. The summed E-state index contributed by atoms with van der Waals surface area (Å²) in [5, 5.41) is 0.886. The molecule has 18 heavy (non-hydrogen) atoms. The Morgan fingerprint density at radius 2 is 2.33 bits per heavy atom. The minimum absolute atomic E-state index is 0.0864. The van der Waals surface area contributed by atoms with E-state index in [2.05, 4.69) is 11.9 Å². The van der Waals surface area contributed by atoms with Gasteiger partial charge in [0.2, 0.25) is 0 Å². The molecule has 96 valence electrons. The highest BCUT2D eigenvalue weighted by molar-refractivity contribution is 7.71. The molecule has 2 aromatic heterocycles. The molecule has 0 saturated carbocycles. The van der Waals surface area contributed by atoms with Crippen LogP contribution in [0.15, 0.2) is 4.79 Å². The van der Waals surface area contributed by atoms with Crippen molar-refractivity contribution in [3.63, 3.8) is 0 Å². The molecule has 1 aliphatic rings. The molecule has 0 fully saturated rings. The van der Waals surface area contributed by atoms with Gasteiger partial charge in [0.25, 0.3) is 5.56 Å². The summed E-state index contributed by atoms with van der Waals surface area (Å²) in [6.07, 6.45) is 3.31. The molecule has 0 bridgehead atoms. The van der Waals surface area contributed by atoms with E-state index in [1.165, 1.54) is 16.9 Å². The van der Waals surface area contributed by atoms with Gasteiger partial charge in [-0.3, -0.25) is 9.36 Å². The monoisotopic (exact) mass is 280 g/mol. The van der Waals surface area contributed by atoms with Crippen LogP contribution in [0.1, 0.15) is 30.7 Å². The molecule has 0 aliphatic heterocycles. The van der Waals surface area contributed by atoms with Crippen molar-refractivity contribution in [2.24, 2.45) is 5.92 Å². The van der Waals surface area contributed by atoms with Gasteiger partial charge in [0.05, 0.1) is 5.39 Å². The predicted molar refractivity (Wildman–Crippen MR) is 78.1 cm³/mol. The van der Waals surface area contributed by atoms with Gasteiger partial charge in [0, 0.05) is 11.4 Å². The van der Waals surface area contributed by atoms with Crippen molar-refractivity contribution >= 4 is 33.8 Å². The van der Waals surface area contributed by atoms with E-state index in [0.717, 1.165) is 29.0 Å². The van der Waals surface area contributed by atoms with Gasteiger partial charge in [-0.1, -0.05) is 6.92 Å². The average Bonchev–Trinajstić information content (AvgIpc) is 2.66. The first-order chi connectivity index (χ1) is 8.61. The average molecular weight is 280 g/mol. The molecule has 3 rings (SSSR count). The van der Waals surface area contributed by atoms with Gasteiger partial charge in [-0.15, -0.1) is 11.3 Å². The highest BCUT2D eigenvalue weighted by Gasteiger charge is 2.22. The number of fused-ring (bicyclic) bond motifs is 3. The molecule has 0 spiro atoms. The van der Waals surface area contributed by atoms with Gasteiger partial charge in [0.1, 0.15) is 4.83 Å². The minimum Gasteiger partial charge on any atom is -0.323 e. The van der Waals surface area contributed by atoms with E-state index in [9.17, 15) is 4.79 Å². The first-order valence-electron chi connectivity index (χ1n) is 6.39. The van der Waals surface area contributed by atoms with Crippen molar-refractivity contribution in [3.8, 4) is 0 Å². The lowest BCUT2D eigenvalue weighted by Gasteiger charge is -2.17. The largest absolute Gasteiger partial charge is 0.323 e. The van der Waals surface area contributed by atoms with Crippen LogP contribution in [0.25, 0.3) is 10.2 Å². The summed E-state index contributed by atoms with van der Waals surface area (Å²) in [7, 11) is 0. The van der Waals surface area contributed by atoms with Gasteiger partial charge in [-0.05, 0) is 49.9 Å². The third-order valence-corrected chi connectivity index (χ3v) is 5.24. The van der Waals surface area contributed by atoms with Crippen LogP contribution >= 0.6 is 23.6 Å². The molecule has 0 saturated heterocycles. The molecular formula is C13H16N2OS2. The van der Waals surface area contributed by atoms with Crippen LogP contribution in [0.2, 0.25) is 0 Å². The number of nitrogens with one attached hydrogen (secondary N) is 1. The number of aryl methyl sites for hydroxylation is 1. The Hall–Kier alpha value is -0.940. The molecule has 5 heteroatoms. The van der Waals surface area contributed by atoms with E-state index < -0.39 is 0 Å². The highest BCUT2D eigenvalue weighted by Crippen LogP contribution is 2.35. The zero-order chi connectivity index (χ0) is 12.9. The Kier molecular flexibility index (Phi) is 2.90. The number of hydrogen-bond acceptors (Lipinski definition) is 3. The smallest absolute Gasteiger partial charge is 0.263 e. The van der Waals surface area contributed by atoms with E-state index in [1.807, 2.05) is 6.92 Å². The summed E-state index contributed by atoms with van der Waals surface area (Å²) in [6.45, 7) is 4.86. The van der Waals surface area contributed by atoms with E-state index in [-0.39, 0.29) is 5.56 Å². The molecule has 1 aliphatic carbocycles. The summed E-state index contributed by atoms with van der Waals surface area (Å²) >= 11 is 6.96. The van der Waals surface area contributed by atoms with Crippen LogP contribution in [0.3, 0.4) is 0 Å². The van der Waals surface area contributed by atoms with Crippen LogP contribution in [0.5, 0.6) is 0 Å². The molecule has 2 heterocycles. The first kappa shape index (κ1) is 12.1. The zero-order valence-corrected chi connectivity index (χ0v) is 12.2. The van der Waals surface area contributed by atoms with Crippen molar-refractivity contribution in [2.45, 2.75) is 39.7 Å². The Bertz CT molecular complexity index is 723. The Balaban J connectivity index is 2.38. The number of aromatic nitrogens is 2. The summed E-state index contributed by atoms with van der Waals surface area (Å²) in [5.41, 5.74) is 1.36. The van der Waals surface area contributed by atoms with Gasteiger partial charge in [-0.25, -0.2) is 0 Å². The number of nitrogens with zero attached hydrogens (tertiary/aromatic N) is 1. The van der Waals surface area contributed by atoms with Crippen LogP contribution < -0.4 is 5.56 Å². The summed E-state index contributed by atoms with van der Waals surface area (Å²) in [4.78, 5) is 18.0. The van der Waals surface area contributed by atoms with Crippen LogP contribution in [0, 0.1) is 10.7 Å². The fraction of sp³-hybridized carbons (Fsp3) is 0.538. The number of hydrogen-bond donors (Lipinski definition) is 1. The maximum Gasteiger partial charge on any atom is 0.263 e. The summed E-state index contributed by atoms with van der Waals surface area (Å²) in [6, 6.07) is 0. The first-order valence-corrected chi connectivity index (χ1v) is 7.61. The number of H-pyrrole nitrogens is 1. The lowest BCUT2D eigenvalue weighted by atomic mass is 9.89. The van der Waals surface area contributed by atoms with Gasteiger partial charge < -0.3 is 4.98 Å². The summed E-state index contributed by atoms with van der Waals surface area (Å²) in [5.74, 6) is 0.724. The van der Waals surface area contributed by atoms with Crippen molar-refractivity contribution in [2.75, 3.05) is 0 Å². The SMILES string of the molecule is CCn1c(=S)[nH]c2sc3c(c2c1=O)CCC(C)C3. The Morgan fingerprint density at radius 1 is 1.56 bits per heavy atom. The van der Waals surface area contributed by atoms with Gasteiger partial charge in [0.15, 0.2) is 4.77 Å². The molecule has 1 atom stereocenters. The van der Waals surface area contributed by atoms with E-state index in [1.54, 1.807) is 15.9 Å². The minimum atomic E-state index is 0.0864. The molecule has 1 N–H and O–H groups in total. The standard InChI is InChI=1S/C13H16N2OS2/c1-3-15-12(16)10-8-5-4-7(2)6-9(8)18-11(10)14-13(15)17/h7H,3-6H2,1-2H3,(H,14,17). The molecule has 3 nitrogen and oxygen atoms in total. The molecule has 2 aromatic rings. The molecular weight excluding hydrogens is 264 g/mol.